The number of rotatable bonds is 2. The van der Waals surface area contributed by atoms with Gasteiger partial charge in [0.2, 0.25) is 0 Å². The summed E-state index contributed by atoms with van der Waals surface area (Å²) in [6, 6.07) is 13.4. The van der Waals surface area contributed by atoms with Crippen molar-refractivity contribution in [3.63, 3.8) is 0 Å². The van der Waals surface area contributed by atoms with E-state index in [0.717, 1.165) is 4.90 Å². The molecule has 0 spiro atoms. The van der Waals surface area contributed by atoms with E-state index >= 15 is 0 Å². The molecule has 2 rings (SSSR count). The summed E-state index contributed by atoms with van der Waals surface area (Å²) in [6.07, 6.45) is 0. The fraction of sp³-hybridized carbons (Fsp3) is 0. The van der Waals surface area contributed by atoms with E-state index in [2.05, 4.69) is 4.98 Å². The highest BCUT2D eigenvalue weighted by atomic mass is 32.2. The average Bonchev–Trinajstić information content (AvgIpc) is 2.29. The van der Waals surface area contributed by atoms with Crippen molar-refractivity contribution in [2.24, 2.45) is 0 Å². The van der Waals surface area contributed by atoms with E-state index < -0.39 is 0 Å². The molecule has 78 valence electrons. The number of aromatic nitrogens is 1. The minimum atomic E-state index is -0.276. The van der Waals surface area contributed by atoms with Gasteiger partial charge >= 0.3 is 0 Å². The predicted octanol–water partition coefficient (Wildman–Crippen LogP) is 3.24. The molecule has 2 nitrogen and oxygen atoms in total. The Morgan fingerprint density at radius 1 is 1.19 bits per heavy atom. The van der Waals surface area contributed by atoms with Crippen LogP contribution in [0.5, 0.6) is 0 Å². The van der Waals surface area contributed by atoms with E-state index in [1.54, 1.807) is 30.3 Å². The van der Waals surface area contributed by atoms with Crippen molar-refractivity contribution in [2.75, 3.05) is 0 Å². The van der Waals surface area contributed by atoms with Crippen molar-refractivity contribution in [2.45, 2.75) is 9.92 Å². The van der Waals surface area contributed by atoms with Crippen LogP contribution in [0.2, 0.25) is 0 Å². The first kappa shape index (κ1) is 10.7. The second-order valence-corrected chi connectivity index (χ2v) is 4.13. The summed E-state index contributed by atoms with van der Waals surface area (Å²) in [5, 5.41) is 9.38. The molecule has 0 unspecified atom stereocenters. The largest absolute Gasteiger partial charge is 0.230 e. The molecule has 1 aromatic carbocycles. The van der Waals surface area contributed by atoms with Gasteiger partial charge in [-0.05, 0) is 30.3 Å². The topological polar surface area (TPSA) is 36.7 Å². The average molecular weight is 230 g/mol. The van der Waals surface area contributed by atoms with Crippen molar-refractivity contribution >= 4 is 11.8 Å². The number of hydrogen-bond donors (Lipinski definition) is 0. The molecule has 0 bridgehead atoms. The summed E-state index contributed by atoms with van der Waals surface area (Å²) in [7, 11) is 0. The molecule has 0 radical (unpaired) electrons. The van der Waals surface area contributed by atoms with E-state index in [-0.39, 0.29) is 5.82 Å². The van der Waals surface area contributed by atoms with Crippen LogP contribution in [0.15, 0.2) is 52.4 Å². The highest BCUT2D eigenvalue weighted by Crippen LogP contribution is 2.26. The van der Waals surface area contributed by atoms with Gasteiger partial charge in [0.05, 0.1) is 0 Å². The van der Waals surface area contributed by atoms with Crippen LogP contribution >= 0.6 is 11.8 Å². The van der Waals surface area contributed by atoms with Crippen LogP contribution in [-0.2, 0) is 0 Å². The third-order valence-corrected chi connectivity index (χ3v) is 2.78. The normalized spacial score (nSPS) is 9.75. The lowest BCUT2D eigenvalue weighted by molar-refractivity contribution is 0.624. The van der Waals surface area contributed by atoms with Gasteiger partial charge in [0.15, 0.2) is 0 Å². The first-order valence-electron chi connectivity index (χ1n) is 4.58. The Bertz CT molecular complexity index is 549. The van der Waals surface area contributed by atoms with Crippen LogP contribution in [0, 0.1) is 17.1 Å². The zero-order valence-corrected chi connectivity index (χ0v) is 9.04. The predicted molar refractivity (Wildman–Crippen MR) is 59.5 cm³/mol. The molecular weight excluding hydrogens is 223 g/mol. The van der Waals surface area contributed by atoms with Crippen LogP contribution in [0.4, 0.5) is 4.39 Å². The van der Waals surface area contributed by atoms with Gasteiger partial charge in [-0.1, -0.05) is 23.9 Å². The summed E-state index contributed by atoms with van der Waals surface area (Å²) < 4.78 is 12.9. The van der Waals surface area contributed by atoms with Crippen molar-refractivity contribution in [3.8, 4) is 6.07 Å². The van der Waals surface area contributed by atoms with Gasteiger partial charge in [-0.25, -0.2) is 9.37 Å². The van der Waals surface area contributed by atoms with E-state index in [4.69, 9.17) is 5.26 Å². The Kier molecular flexibility index (Phi) is 3.18. The Labute approximate surface area is 96.8 Å². The minimum absolute atomic E-state index is 0.276. The number of nitriles is 1. The molecule has 1 heterocycles. The van der Waals surface area contributed by atoms with Crippen LogP contribution < -0.4 is 0 Å². The maximum Gasteiger partial charge on any atom is 0.141 e. The summed E-state index contributed by atoms with van der Waals surface area (Å²) in [5.41, 5.74) is 0.362. The highest BCUT2D eigenvalue weighted by molar-refractivity contribution is 7.99. The van der Waals surface area contributed by atoms with Crippen molar-refractivity contribution in [1.82, 2.24) is 4.98 Å². The van der Waals surface area contributed by atoms with Crippen molar-refractivity contribution in [3.05, 3.63) is 54.0 Å². The number of pyridine rings is 1. The van der Waals surface area contributed by atoms with Gasteiger partial charge in [-0.15, -0.1) is 0 Å². The summed E-state index contributed by atoms with van der Waals surface area (Å²) in [4.78, 5) is 4.86. The molecule has 16 heavy (non-hydrogen) atoms. The Balaban J connectivity index is 2.24. The molecule has 0 saturated heterocycles. The number of halogens is 1. The smallest absolute Gasteiger partial charge is 0.141 e. The SMILES string of the molecule is N#Cc1cccc(Sc2cccc(F)c2)n1. The van der Waals surface area contributed by atoms with Gasteiger partial charge in [0.25, 0.3) is 0 Å². The summed E-state index contributed by atoms with van der Waals surface area (Å²) in [6.45, 7) is 0. The van der Waals surface area contributed by atoms with Gasteiger partial charge in [0.1, 0.15) is 22.6 Å². The van der Waals surface area contributed by atoms with E-state index in [1.807, 2.05) is 6.07 Å². The molecule has 2 aromatic rings. The highest BCUT2D eigenvalue weighted by Gasteiger charge is 2.01. The summed E-state index contributed by atoms with van der Waals surface area (Å²) >= 11 is 1.33. The van der Waals surface area contributed by atoms with E-state index in [0.29, 0.717) is 10.7 Å². The lowest BCUT2D eigenvalue weighted by Crippen LogP contribution is -1.84. The minimum Gasteiger partial charge on any atom is -0.230 e. The van der Waals surface area contributed by atoms with Gasteiger partial charge in [-0.2, -0.15) is 5.26 Å². The molecule has 0 amide bonds. The molecule has 0 saturated carbocycles. The van der Waals surface area contributed by atoms with Crippen molar-refractivity contribution < 1.29 is 4.39 Å². The zero-order valence-electron chi connectivity index (χ0n) is 8.22. The molecular formula is C12H7FN2S. The lowest BCUT2D eigenvalue weighted by Gasteiger charge is -2.00. The molecule has 4 heteroatoms. The van der Waals surface area contributed by atoms with Crippen LogP contribution in [0.25, 0.3) is 0 Å². The van der Waals surface area contributed by atoms with E-state index in [9.17, 15) is 4.39 Å². The monoisotopic (exact) mass is 230 g/mol. The molecule has 1 aromatic heterocycles. The fourth-order valence-electron chi connectivity index (χ4n) is 1.19. The molecule has 0 aliphatic heterocycles. The Morgan fingerprint density at radius 2 is 2.00 bits per heavy atom. The second-order valence-electron chi connectivity index (χ2n) is 3.03. The maximum atomic E-state index is 12.9. The molecule has 0 N–H and O–H groups in total. The first-order valence-corrected chi connectivity index (χ1v) is 5.40. The Hall–Kier alpha value is -1.86. The third-order valence-electron chi connectivity index (χ3n) is 1.86. The van der Waals surface area contributed by atoms with Gasteiger partial charge < -0.3 is 0 Å². The van der Waals surface area contributed by atoms with E-state index in [1.165, 1.54) is 23.9 Å². The van der Waals surface area contributed by atoms with Gasteiger partial charge in [0, 0.05) is 4.90 Å². The molecule has 0 fully saturated rings. The summed E-state index contributed by atoms with van der Waals surface area (Å²) in [5.74, 6) is -0.276. The first-order chi connectivity index (χ1) is 7.78. The molecule has 0 atom stereocenters. The number of hydrogen-bond acceptors (Lipinski definition) is 3. The second kappa shape index (κ2) is 4.77. The maximum absolute atomic E-state index is 12.9. The van der Waals surface area contributed by atoms with Crippen LogP contribution in [0.1, 0.15) is 5.69 Å². The number of nitrogens with zero attached hydrogens (tertiary/aromatic N) is 2. The molecule has 0 aliphatic rings. The fourth-order valence-corrected chi connectivity index (χ4v) is 2.04. The van der Waals surface area contributed by atoms with Gasteiger partial charge in [-0.3, -0.25) is 0 Å². The molecule has 0 aliphatic carbocycles. The third kappa shape index (κ3) is 2.59. The Morgan fingerprint density at radius 3 is 2.75 bits per heavy atom. The quantitative estimate of drug-likeness (QED) is 0.794. The van der Waals surface area contributed by atoms with Crippen LogP contribution in [-0.4, -0.2) is 4.98 Å². The lowest BCUT2D eigenvalue weighted by atomic mass is 10.3. The van der Waals surface area contributed by atoms with Crippen molar-refractivity contribution in [1.29, 1.82) is 5.26 Å². The van der Waals surface area contributed by atoms with Crippen LogP contribution in [0.3, 0.4) is 0 Å². The standard InChI is InChI=1S/C12H7FN2S/c13-9-3-1-5-11(7-9)16-12-6-2-4-10(8-14)15-12/h1-7H. The zero-order chi connectivity index (χ0) is 11.4. The number of benzene rings is 1.